The number of nitrogens with zero attached hydrogens (tertiary/aromatic N) is 1. The van der Waals surface area contributed by atoms with E-state index >= 15 is 0 Å². The molecule has 0 saturated carbocycles. The van der Waals surface area contributed by atoms with Gasteiger partial charge in [0.2, 0.25) is 0 Å². The van der Waals surface area contributed by atoms with Crippen molar-refractivity contribution in [2.24, 2.45) is 7.05 Å². The standard InChI is InChI=1S/C17H19BrN2O4/c1-20-11-13(18)9-15(20)17(23)19-10-12-4-6-14(7-5-12)24-8-2-3-16(21)22/h4-7,9,11H,2-3,8,10H2,1H3,(H,19,23)(H,21,22). The van der Waals surface area contributed by atoms with Crippen LogP contribution in [-0.4, -0.2) is 28.2 Å². The minimum atomic E-state index is -0.824. The monoisotopic (exact) mass is 394 g/mol. The summed E-state index contributed by atoms with van der Waals surface area (Å²) in [5, 5.41) is 11.4. The van der Waals surface area contributed by atoms with Gasteiger partial charge in [0.15, 0.2) is 0 Å². The van der Waals surface area contributed by atoms with Crippen molar-refractivity contribution < 1.29 is 19.4 Å². The number of carboxylic acids is 1. The predicted octanol–water partition coefficient (Wildman–Crippen LogP) is 2.96. The second kappa shape index (κ2) is 8.54. The number of benzene rings is 1. The molecule has 128 valence electrons. The zero-order valence-corrected chi connectivity index (χ0v) is 14.9. The van der Waals surface area contributed by atoms with E-state index in [-0.39, 0.29) is 12.3 Å². The predicted molar refractivity (Wildman–Crippen MR) is 93.1 cm³/mol. The number of carbonyl (C=O) groups excluding carboxylic acids is 1. The molecule has 1 aromatic carbocycles. The van der Waals surface area contributed by atoms with Crippen molar-refractivity contribution in [3.8, 4) is 5.75 Å². The largest absolute Gasteiger partial charge is 0.494 e. The average molecular weight is 395 g/mol. The van der Waals surface area contributed by atoms with Crippen LogP contribution in [-0.2, 0) is 18.4 Å². The van der Waals surface area contributed by atoms with Crippen molar-refractivity contribution in [2.75, 3.05) is 6.61 Å². The Balaban J connectivity index is 1.80. The van der Waals surface area contributed by atoms with Crippen molar-refractivity contribution in [3.63, 3.8) is 0 Å². The van der Waals surface area contributed by atoms with Gasteiger partial charge in [0, 0.05) is 30.7 Å². The Hall–Kier alpha value is -2.28. The molecule has 0 saturated heterocycles. The topological polar surface area (TPSA) is 80.6 Å². The Morgan fingerprint density at radius 1 is 1.29 bits per heavy atom. The number of carbonyl (C=O) groups is 2. The summed E-state index contributed by atoms with van der Waals surface area (Å²) in [5.74, 6) is -0.283. The number of halogens is 1. The van der Waals surface area contributed by atoms with Crippen LogP contribution in [0.5, 0.6) is 5.75 Å². The molecular formula is C17H19BrN2O4. The molecule has 7 heteroatoms. The minimum Gasteiger partial charge on any atom is -0.494 e. The average Bonchev–Trinajstić information content (AvgIpc) is 2.89. The van der Waals surface area contributed by atoms with Crippen LogP contribution >= 0.6 is 15.9 Å². The summed E-state index contributed by atoms with van der Waals surface area (Å²) in [6, 6.07) is 9.12. The summed E-state index contributed by atoms with van der Waals surface area (Å²) in [6.45, 7) is 0.783. The molecule has 0 radical (unpaired) electrons. The van der Waals surface area contributed by atoms with Gasteiger partial charge in [-0.1, -0.05) is 12.1 Å². The van der Waals surface area contributed by atoms with E-state index in [2.05, 4.69) is 21.2 Å². The first-order valence-electron chi connectivity index (χ1n) is 7.49. The third-order valence-corrected chi connectivity index (χ3v) is 3.82. The fourth-order valence-corrected chi connectivity index (χ4v) is 2.66. The summed E-state index contributed by atoms with van der Waals surface area (Å²) in [4.78, 5) is 22.5. The molecule has 0 fully saturated rings. The van der Waals surface area contributed by atoms with Gasteiger partial charge in [-0.05, 0) is 46.1 Å². The highest BCUT2D eigenvalue weighted by Crippen LogP contribution is 2.15. The van der Waals surface area contributed by atoms with E-state index < -0.39 is 5.97 Å². The van der Waals surface area contributed by atoms with Crippen molar-refractivity contribution in [1.29, 1.82) is 0 Å². The smallest absolute Gasteiger partial charge is 0.303 e. The normalized spacial score (nSPS) is 10.4. The van der Waals surface area contributed by atoms with Gasteiger partial charge in [-0.3, -0.25) is 9.59 Å². The molecule has 0 aliphatic carbocycles. The second-order valence-electron chi connectivity index (χ2n) is 5.33. The summed E-state index contributed by atoms with van der Waals surface area (Å²) in [6.07, 6.45) is 2.39. The quantitative estimate of drug-likeness (QED) is 0.674. The van der Waals surface area contributed by atoms with E-state index in [9.17, 15) is 9.59 Å². The maximum atomic E-state index is 12.1. The van der Waals surface area contributed by atoms with Crippen molar-refractivity contribution in [3.05, 3.63) is 52.3 Å². The lowest BCUT2D eigenvalue weighted by atomic mass is 10.2. The summed E-state index contributed by atoms with van der Waals surface area (Å²) < 4.78 is 8.08. The molecule has 2 N–H and O–H groups in total. The van der Waals surface area contributed by atoms with Gasteiger partial charge in [-0.15, -0.1) is 0 Å². The Bertz CT molecular complexity index is 710. The lowest BCUT2D eigenvalue weighted by Gasteiger charge is -2.08. The number of nitrogens with one attached hydrogen (secondary N) is 1. The van der Waals surface area contributed by atoms with Gasteiger partial charge in [-0.25, -0.2) is 0 Å². The molecule has 1 amide bonds. The SMILES string of the molecule is Cn1cc(Br)cc1C(=O)NCc1ccc(OCCCC(=O)O)cc1. The molecule has 2 rings (SSSR count). The Kier molecular flexibility index (Phi) is 6.43. The van der Waals surface area contributed by atoms with Crippen LogP contribution in [0.15, 0.2) is 41.0 Å². The molecule has 0 aliphatic heterocycles. The van der Waals surface area contributed by atoms with Crippen LogP contribution in [0.25, 0.3) is 0 Å². The van der Waals surface area contributed by atoms with Gasteiger partial charge in [-0.2, -0.15) is 0 Å². The van der Waals surface area contributed by atoms with E-state index in [1.165, 1.54) is 0 Å². The minimum absolute atomic E-state index is 0.0966. The van der Waals surface area contributed by atoms with E-state index in [1.807, 2.05) is 25.4 Å². The van der Waals surface area contributed by atoms with E-state index in [1.54, 1.807) is 22.8 Å². The summed E-state index contributed by atoms with van der Waals surface area (Å²) in [5.41, 5.74) is 1.54. The summed E-state index contributed by atoms with van der Waals surface area (Å²) >= 11 is 3.34. The molecule has 6 nitrogen and oxygen atoms in total. The zero-order chi connectivity index (χ0) is 17.5. The number of hydrogen-bond acceptors (Lipinski definition) is 3. The first-order valence-corrected chi connectivity index (χ1v) is 8.28. The molecule has 24 heavy (non-hydrogen) atoms. The van der Waals surface area contributed by atoms with Crippen LogP contribution < -0.4 is 10.1 Å². The number of amides is 1. The molecule has 0 unspecified atom stereocenters. The molecular weight excluding hydrogens is 376 g/mol. The Morgan fingerprint density at radius 2 is 2.00 bits per heavy atom. The maximum Gasteiger partial charge on any atom is 0.303 e. The fraction of sp³-hybridized carbons (Fsp3) is 0.294. The second-order valence-corrected chi connectivity index (χ2v) is 6.24. The van der Waals surface area contributed by atoms with Crippen LogP contribution in [0.2, 0.25) is 0 Å². The van der Waals surface area contributed by atoms with Gasteiger partial charge in [0.05, 0.1) is 6.61 Å². The first-order chi connectivity index (χ1) is 11.5. The highest BCUT2D eigenvalue weighted by Gasteiger charge is 2.10. The lowest BCUT2D eigenvalue weighted by molar-refractivity contribution is -0.137. The number of carboxylic acid groups (broad SMARTS) is 1. The molecule has 1 heterocycles. The number of hydrogen-bond donors (Lipinski definition) is 2. The van der Waals surface area contributed by atoms with Crippen molar-refractivity contribution in [2.45, 2.75) is 19.4 Å². The number of aliphatic carboxylic acids is 1. The van der Waals surface area contributed by atoms with Crippen molar-refractivity contribution in [1.82, 2.24) is 9.88 Å². The highest BCUT2D eigenvalue weighted by molar-refractivity contribution is 9.10. The molecule has 0 atom stereocenters. The number of rotatable bonds is 8. The van der Waals surface area contributed by atoms with Gasteiger partial charge >= 0.3 is 5.97 Å². The van der Waals surface area contributed by atoms with E-state index in [0.29, 0.717) is 31.0 Å². The van der Waals surface area contributed by atoms with E-state index in [0.717, 1.165) is 10.0 Å². The Morgan fingerprint density at radius 3 is 2.58 bits per heavy atom. The number of aromatic nitrogens is 1. The van der Waals surface area contributed by atoms with Gasteiger partial charge in [0.25, 0.3) is 5.91 Å². The molecule has 1 aromatic heterocycles. The third kappa shape index (κ3) is 5.42. The molecule has 0 spiro atoms. The first kappa shape index (κ1) is 18.1. The van der Waals surface area contributed by atoms with Crippen LogP contribution in [0, 0.1) is 0 Å². The van der Waals surface area contributed by atoms with Gasteiger partial charge in [0.1, 0.15) is 11.4 Å². The molecule has 0 aliphatic rings. The van der Waals surface area contributed by atoms with E-state index in [4.69, 9.17) is 9.84 Å². The Labute approximate surface area is 148 Å². The van der Waals surface area contributed by atoms with Crippen LogP contribution in [0.3, 0.4) is 0 Å². The van der Waals surface area contributed by atoms with Gasteiger partial charge < -0.3 is 19.7 Å². The van der Waals surface area contributed by atoms with Crippen molar-refractivity contribution >= 4 is 27.8 Å². The summed E-state index contributed by atoms with van der Waals surface area (Å²) in [7, 11) is 1.82. The zero-order valence-electron chi connectivity index (χ0n) is 13.3. The van der Waals surface area contributed by atoms with Crippen LogP contribution in [0.1, 0.15) is 28.9 Å². The maximum absolute atomic E-state index is 12.1. The fourth-order valence-electron chi connectivity index (χ4n) is 2.14. The van der Waals surface area contributed by atoms with Crippen LogP contribution in [0.4, 0.5) is 0 Å². The third-order valence-electron chi connectivity index (χ3n) is 3.38. The molecule has 2 aromatic rings. The molecule has 0 bridgehead atoms. The number of aryl methyl sites for hydroxylation is 1. The lowest BCUT2D eigenvalue weighted by Crippen LogP contribution is -2.24. The number of ether oxygens (including phenoxy) is 1. The highest BCUT2D eigenvalue weighted by atomic mass is 79.9.